The normalized spacial score (nSPS) is 30.3. The summed E-state index contributed by atoms with van der Waals surface area (Å²) in [6.07, 6.45) is 4.20. The Bertz CT molecular complexity index is 587. The van der Waals surface area contributed by atoms with E-state index >= 15 is 0 Å². The summed E-state index contributed by atoms with van der Waals surface area (Å²) in [5, 5.41) is 3.97. The highest BCUT2D eigenvalue weighted by atomic mass is 16.5. The Morgan fingerprint density at radius 1 is 1.23 bits per heavy atom. The molecule has 1 heterocycles. The zero-order valence-corrected chi connectivity index (χ0v) is 13.6. The second-order valence-corrected chi connectivity index (χ2v) is 6.37. The van der Waals surface area contributed by atoms with Gasteiger partial charge in [-0.2, -0.15) is 5.10 Å². The van der Waals surface area contributed by atoms with Gasteiger partial charge < -0.3 is 20.2 Å². The van der Waals surface area contributed by atoms with Crippen molar-refractivity contribution in [1.82, 2.24) is 4.90 Å². The zero-order valence-electron chi connectivity index (χ0n) is 13.6. The SMILES string of the molecule is COc1ccc([C@@]23CC/C(=N\N)CC2N(C)CC3)cc1OC. The highest BCUT2D eigenvalue weighted by molar-refractivity contribution is 5.86. The standard InChI is InChI=1S/C17H25N3O2/c1-20-9-8-17(7-6-13(19-18)11-16(17)20)12-4-5-14(21-2)15(10-12)22-3/h4-5,10,16H,6-9,11,18H2,1-3H3/b19-13+/t16?,17-/m0/s1. The van der Waals surface area contributed by atoms with Crippen LogP contribution in [0.4, 0.5) is 0 Å². The molecule has 1 saturated carbocycles. The van der Waals surface area contributed by atoms with Gasteiger partial charge >= 0.3 is 0 Å². The molecule has 2 N–H and O–H groups in total. The molecule has 2 aliphatic rings. The number of hydrazone groups is 1. The lowest BCUT2D eigenvalue weighted by Crippen LogP contribution is -2.46. The number of methoxy groups -OCH3 is 2. The molecule has 2 atom stereocenters. The first-order chi connectivity index (χ1) is 10.6. The summed E-state index contributed by atoms with van der Waals surface area (Å²) in [6.45, 7) is 1.11. The van der Waals surface area contributed by atoms with Gasteiger partial charge in [-0.1, -0.05) is 6.07 Å². The van der Waals surface area contributed by atoms with Crippen LogP contribution in [-0.2, 0) is 5.41 Å². The molecular formula is C17H25N3O2. The molecule has 5 nitrogen and oxygen atoms in total. The Morgan fingerprint density at radius 3 is 2.68 bits per heavy atom. The molecule has 2 fully saturated rings. The summed E-state index contributed by atoms with van der Waals surface area (Å²) in [6, 6.07) is 6.82. The number of benzene rings is 1. The van der Waals surface area contributed by atoms with Crippen molar-refractivity contribution in [3.63, 3.8) is 0 Å². The third-order valence-electron chi connectivity index (χ3n) is 5.51. The first-order valence-corrected chi connectivity index (χ1v) is 7.83. The van der Waals surface area contributed by atoms with Gasteiger partial charge in [-0.05, 0) is 50.6 Å². The molecule has 22 heavy (non-hydrogen) atoms. The first kappa shape index (κ1) is 15.2. The smallest absolute Gasteiger partial charge is 0.161 e. The van der Waals surface area contributed by atoms with E-state index in [1.165, 1.54) is 12.0 Å². The molecule has 3 rings (SSSR count). The highest BCUT2D eigenvalue weighted by Gasteiger charge is 2.49. The van der Waals surface area contributed by atoms with E-state index in [2.05, 4.69) is 29.2 Å². The van der Waals surface area contributed by atoms with E-state index in [1.54, 1.807) is 14.2 Å². The second-order valence-electron chi connectivity index (χ2n) is 6.37. The largest absolute Gasteiger partial charge is 0.493 e. The molecule has 0 spiro atoms. The molecule has 1 aromatic rings. The number of likely N-dealkylation sites (N-methyl/N-ethyl adjacent to an activating group) is 1. The Labute approximate surface area is 132 Å². The van der Waals surface area contributed by atoms with Crippen molar-refractivity contribution in [3.05, 3.63) is 23.8 Å². The fourth-order valence-corrected chi connectivity index (χ4v) is 4.20. The Hall–Kier alpha value is -1.75. The Balaban J connectivity index is 2.01. The van der Waals surface area contributed by atoms with Crippen molar-refractivity contribution in [1.29, 1.82) is 0 Å². The van der Waals surface area contributed by atoms with E-state index in [-0.39, 0.29) is 5.41 Å². The van der Waals surface area contributed by atoms with E-state index in [0.717, 1.165) is 43.0 Å². The summed E-state index contributed by atoms with van der Waals surface area (Å²) >= 11 is 0. The molecule has 0 radical (unpaired) electrons. The van der Waals surface area contributed by atoms with Crippen molar-refractivity contribution in [2.45, 2.75) is 37.1 Å². The van der Waals surface area contributed by atoms with E-state index in [1.807, 2.05) is 6.07 Å². The summed E-state index contributed by atoms with van der Waals surface area (Å²) in [5.74, 6) is 7.12. The average molecular weight is 303 g/mol. The van der Waals surface area contributed by atoms with Crippen LogP contribution in [0.3, 0.4) is 0 Å². The number of hydrogen-bond acceptors (Lipinski definition) is 5. The molecule has 5 heteroatoms. The summed E-state index contributed by atoms with van der Waals surface area (Å²) in [5.41, 5.74) is 2.65. The minimum Gasteiger partial charge on any atom is -0.493 e. The Morgan fingerprint density at radius 2 is 2.00 bits per heavy atom. The van der Waals surface area contributed by atoms with Gasteiger partial charge in [0.15, 0.2) is 11.5 Å². The molecule has 0 bridgehead atoms. The minimum absolute atomic E-state index is 0.169. The summed E-state index contributed by atoms with van der Waals surface area (Å²) < 4.78 is 10.9. The fourth-order valence-electron chi connectivity index (χ4n) is 4.20. The number of fused-ring (bicyclic) bond motifs is 1. The Kier molecular flexibility index (Phi) is 4.00. The topological polar surface area (TPSA) is 60.1 Å². The second kappa shape index (κ2) is 5.80. The maximum absolute atomic E-state index is 5.53. The predicted molar refractivity (Wildman–Crippen MR) is 87.7 cm³/mol. The van der Waals surface area contributed by atoms with Crippen LogP contribution < -0.4 is 15.3 Å². The number of rotatable bonds is 3. The molecule has 1 aromatic carbocycles. The van der Waals surface area contributed by atoms with Crippen LogP contribution in [0.25, 0.3) is 0 Å². The quantitative estimate of drug-likeness (QED) is 0.686. The summed E-state index contributed by atoms with van der Waals surface area (Å²) in [7, 11) is 5.57. The van der Waals surface area contributed by atoms with E-state index < -0.39 is 0 Å². The maximum atomic E-state index is 5.53. The van der Waals surface area contributed by atoms with Gasteiger partial charge in [0.1, 0.15) is 0 Å². The molecule has 0 amide bonds. The number of hydrogen-bond donors (Lipinski definition) is 1. The zero-order chi connectivity index (χ0) is 15.7. The third-order valence-corrected chi connectivity index (χ3v) is 5.51. The lowest BCUT2D eigenvalue weighted by molar-refractivity contribution is 0.226. The van der Waals surface area contributed by atoms with Gasteiger partial charge in [0.05, 0.1) is 14.2 Å². The molecule has 1 aliphatic heterocycles. The van der Waals surface area contributed by atoms with Crippen LogP contribution in [0.15, 0.2) is 23.3 Å². The van der Waals surface area contributed by atoms with Crippen molar-refractivity contribution in [2.24, 2.45) is 10.9 Å². The maximum Gasteiger partial charge on any atom is 0.161 e. The van der Waals surface area contributed by atoms with E-state index in [4.69, 9.17) is 15.3 Å². The van der Waals surface area contributed by atoms with Crippen molar-refractivity contribution < 1.29 is 9.47 Å². The number of ether oxygens (including phenoxy) is 2. The molecule has 120 valence electrons. The van der Waals surface area contributed by atoms with Gasteiger partial charge in [-0.15, -0.1) is 0 Å². The monoisotopic (exact) mass is 303 g/mol. The lowest BCUT2D eigenvalue weighted by Gasteiger charge is -2.42. The van der Waals surface area contributed by atoms with Crippen molar-refractivity contribution in [3.8, 4) is 11.5 Å². The summed E-state index contributed by atoms with van der Waals surface area (Å²) in [4.78, 5) is 2.45. The van der Waals surface area contributed by atoms with Crippen LogP contribution in [0.5, 0.6) is 11.5 Å². The van der Waals surface area contributed by atoms with Crippen LogP contribution in [0.1, 0.15) is 31.2 Å². The van der Waals surface area contributed by atoms with Crippen LogP contribution >= 0.6 is 0 Å². The predicted octanol–water partition coefficient (Wildman–Crippen LogP) is 2.14. The molecule has 1 aliphatic carbocycles. The van der Waals surface area contributed by atoms with Crippen molar-refractivity contribution >= 4 is 5.71 Å². The number of nitrogens with two attached hydrogens (primary N) is 1. The lowest BCUT2D eigenvalue weighted by atomic mass is 9.65. The first-order valence-electron chi connectivity index (χ1n) is 7.83. The van der Waals surface area contributed by atoms with Gasteiger partial charge in [0.2, 0.25) is 0 Å². The van der Waals surface area contributed by atoms with Crippen LogP contribution in [-0.4, -0.2) is 44.5 Å². The van der Waals surface area contributed by atoms with Gasteiger partial charge in [0, 0.05) is 23.6 Å². The number of likely N-dealkylation sites (tertiary alicyclic amines) is 1. The van der Waals surface area contributed by atoms with E-state index in [0.29, 0.717) is 6.04 Å². The number of nitrogens with zero attached hydrogens (tertiary/aromatic N) is 2. The fraction of sp³-hybridized carbons (Fsp3) is 0.588. The average Bonchev–Trinajstić information content (AvgIpc) is 2.91. The van der Waals surface area contributed by atoms with Crippen molar-refractivity contribution in [2.75, 3.05) is 27.8 Å². The van der Waals surface area contributed by atoms with E-state index in [9.17, 15) is 0 Å². The van der Waals surface area contributed by atoms with Gasteiger partial charge in [-0.3, -0.25) is 0 Å². The minimum atomic E-state index is 0.169. The molecule has 1 unspecified atom stereocenters. The molecular weight excluding hydrogens is 278 g/mol. The van der Waals surface area contributed by atoms with Crippen LogP contribution in [0.2, 0.25) is 0 Å². The molecule has 1 saturated heterocycles. The molecule has 0 aromatic heterocycles. The van der Waals surface area contributed by atoms with Gasteiger partial charge in [-0.25, -0.2) is 0 Å². The third kappa shape index (κ3) is 2.24. The highest BCUT2D eigenvalue weighted by Crippen LogP contribution is 2.49. The van der Waals surface area contributed by atoms with Gasteiger partial charge in [0.25, 0.3) is 0 Å². The van der Waals surface area contributed by atoms with Crippen LogP contribution in [0, 0.1) is 0 Å².